The summed E-state index contributed by atoms with van der Waals surface area (Å²) in [5, 5.41) is 9.32. The molecule has 2 aromatic rings. The second-order valence-electron chi connectivity index (χ2n) is 7.45. The molecular weight excluding hydrogens is 447 g/mol. The number of nitrogens with one attached hydrogen (secondary N) is 3. The van der Waals surface area contributed by atoms with Crippen LogP contribution in [0.3, 0.4) is 0 Å². The van der Waals surface area contributed by atoms with E-state index in [4.69, 9.17) is 0 Å². The van der Waals surface area contributed by atoms with Gasteiger partial charge in [0.25, 0.3) is 0 Å². The Morgan fingerprint density at radius 3 is 2.28 bits per heavy atom. The molecule has 0 unspecified atom stereocenters. The van der Waals surface area contributed by atoms with Crippen LogP contribution in [0.2, 0.25) is 0 Å². The van der Waals surface area contributed by atoms with E-state index in [9.17, 15) is 27.6 Å². The summed E-state index contributed by atoms with van der Waals surface area (Å²) < 4.78 is 40.2. The largest absolute Gasteiger partial charge is 0.573 e. The smallest absolute Gasteiger partial charge is 0.406 e. The molecule has 0 aliphatic heterocycles. The Balaban J connectivity index is 1.43. The van der Waals surface area contributed by atoms with E-state index in [1.807, 2.05) is 11.4 Å². The molecule has 172 valence electrons. The Hall–Kier alpha value is -3.08. The highest BCUT2D eigenvalue weighted by Gasteiger charge is 2.36. The molecule has 3 N–H and O–H groups in total. The van der Waals surface area contributed by atoms with Crippen molar-refractivity contribution in [3.63, 3.8) is 0 Å². The number of ether oxygens (including phenoxy) is 1. The van der Waals surface area contributed by atoms with E-state index in [0.29, 0.717) is 6.54 Å². The molecule has 11 heteroatoms. The number of alkyl halides is 3. The maximum absolute atomic E-state index is 12.2. The number of anilines is 1. The first-order valence-corrected chi connectivity index (χ1v) is 10.8. The first-order valence-electron chi connectivity index (χ1n) is 9.93. The van der Waals surface area contributed by atoms with E-state index in [1.165, 1.54) is 4.88 Å². The first kappa shape index (κ1) is 23.6. The molecular formula is C21H22F3N3O4S. The maximum atomic E-state index is 12.2. The van der Waals surface area contributed by atoms with Crippen LogP contribution in [-0.2, 0) is 19.8 Å². The Morgan fingerprint density at radius 2 is 1.69 bits per heavy atom. The fourth-order valence-electron chi connectivity index (χ4n) is 3.64. The normalized spacial score (nSPS) is 15.1. The molecule has 1 saturated carbocycles. The van der Waals surface area contributed by atoms with Gasteiger partial charge in [0.15, 0.2) is 0 Å². The van der Waals surface area contributed by atoms with Gasteiger partial charge in [0, 0.05) is 22.5 Å². The molecule has 1 heterocycles. The van der Waals surface area contributed by atoms with Crippen LogP contribution in [0, 0.1) is 0 Å². The second kappa shape index (κ2) is 10.0. The summed E-state index contributed by atoms with van der Waals surface area (Å²) in [5.41, 5.74) is 0.0102. The number of amides is 3. The third-order valence-electron chi connectivity index (χ3n) is 5.19. The predicted octanol–water partition coefficient (Wildman–Crippen LogP) is 3.33. The summed E-state index contributed by atoms with van der Waals surface area (Å²) in [7, 11) is 0. The van der Waals surface area contributed by atoms with Crippen LogP contribution < -0.4 is 20.7 Å². The van der Waals surface area contributed by atoms with Gasteiger partial charge in [0.05, 0.1) is 6.54 Å². The number of benzene rings is 1. The molecule has 0 spiro atoms. The minimum absolute atomic E-state index is 0.0901. The van der Waals surface area contributed by atoms with E-state index < -0.39 is 29.8 Å². The average Bonchev–Trinajstić information content (AvgIpc) is 3.43. The average molecular weight is 469 g/mol. The minimum atomic E-state index is -4.83. The second-order valence-corrected chi connectivity index (χ2v) is 8.40. The summed E-state index contributed by atoms with van der Waals surface area (Å²) in [6.07, 6.45) is -0.681. The standard InChI is InChI=1S/C21H22F3N3O4S/c22-21(23,24)31-15-7-5-14(6-8-15)27-19(30)18(29)25-12-17(28)26-13-20(9-1-2-10-20)16-4-3-11-32-16/h3-8,11H,1-2,9-10,12-13H2,(H,25,29)(H,26,28)(H,27,30). The third-order valence-corrected chi connectivity index (χ3v) is 6.31. The van der Waals surface area contributed by atoms with Crippen LogP contribution in [0.1, 0.15) is 30.6 Å². The van der Waals surface area contributed by atoms with E-state index in [-0.39, 0.29) is 17.6 Å². The lowest BCUT2D eigenvalue weighted by Crippen LogP contribution is -2.45. The fraction of sp³-hybridized carbons (Fsp3) is 0.381. The molecule has 1 aromatic carbocycles. The van der Waals surface area contributed by atoms with Gasteiger partial charge in [0.2, 0.25) is 5.91 Å². The Bertz CT molecular complexity index is 940. The number of carbonyl (C=O) groups is 3. The van der Waals surface area contributed by atoms with Gasteiger partial charge >= 0.3 is 18.2 Å². The molecule has 3 rings (SSSR count). The van der Waals surface area contributed by atoms with Gasteiger partial charge < -0.3 is 20.7 Å². The summed E-state index contributed by atoms with van der Waals surface area (Å²) in [6, 6.07) is 8.37. The lowest BCUT2D eigenvalue weighted by molar-refractivity contribution is -0.274. The van der Waals surface area contributed by atoms with Crippen LogP contribution in [0.4, 0.5) is 18.9 Å². The summed E-state index contributed by atoms with van der Waals surface area (Å²) in [5.74, 6) is -2.96. The molecule has 1 aromatic heterocycles. The fourth-order valence-corrected chi connectivity index (χ4v) is 4.63. The van der Waals surface area contributed by atoms with Crippen LogP contribution in [-0.4, -0.2) is 37.2 Å². The quantitative estimate of drug-likeness (QED) is 0.542. The van der Waals surface area contributed by atoms with Crippen molar-refractivity contribution in [2.24, 2.45) is 0 Å². The van der Waals surface area contributed by atoms with Crippen molar-refractivity contribution < 1.29 is 32.3 Å². The van der Waals surface area contributed by atoms with Crippen LogP contribution in [0.5, 0.6) is 5.75 Å². The van der Waals surface area contributed by atoms with Gasteiger partial charge in [-0.2, -0.15) is 0 Å². The number of rotatable bonds is 7. The van der Waals surface area contributed by atoms with E-state index in [0.717, 1.165) is 49.9 Å². The Morgan fingerprint density at radius 1 is 1.00 bits per heavy atom. The van der Waals surface area contributed by atoms with Crippen molar-refractivity contribution in [2.75, 3.05) is 18.4 Å². The van der Waals surface area contributed by atoms with Crippen molar-refractivity contribution in [1.82, 2.24) is 10.6 Å². The van der Waals surface area contributed by atoms with E-state index in [1.54, 1.807) is 11.3 Å². The van der Waals surface area contributed by atoms with Gasteiger partial charge in [-0.3, -0.25) is 14.4 Å². The zero-order chi connectivity index (χ0) is 23.2. The van der Waals surface area contributed by atoms with Gasteiger partial charge in [-0.1, -0.05) is 18.9 Å². The lowest BCUT2D eigenvalue weighted by Gasteiger charge is -2.28. The zero-order valence-corrected chi connectivity index (χ0v) is 17.8. The highest BCUT2D eigenvalue weighted by molar-refractivity contribution is 7.10. The summed E-state index contributed by atoms with van der Waals surface area (Å²) >= 11 is 1.66. The first-order chi connectivity index (χ1) is 15.2. The van der Waals surface area contributed by atoms with Crippen molar-refractivity contribution in [1.29, 1.82) is 0 Å². The van der Waals surface area contributed by atoms with Gasteiger partial charge in [-0.05, 0) is 48.6 Å². The summed E-state index contributed by atoms with van der Waals surface area (Å²) in [4.78, 5) is 37.3. The van der Waals surface area contributed by atoms with Crippen molar-refractivity contribution in [2.45, 2.75) is 37.5 Å². The van der Waals surface area contributed by atoms with Crippen molar-refractivity contribution in [3.05, 3.63) is 46.7 Å². The molecule has 0 bridgehead atoms. The molecule has 7 nitrogen and oxygen atoms in total. The SMILES string of the molecule is O=C(CNC(=O)C(=O)Nc1ccc(OC(F)(F)F)cc1)NCC1(c2cccs2)CCCC1. The predicted molar refractivity (Wildman–Crippen MR) is 112 cm³/mol. The Kier molecular flexibility index (Phi) is 7.39. The maximum Gasteiger partial charge on any atom is 0.573 e. The molecule has 0 saturated heterocycles. The van der Waals surface area contributed by atoms with Crippen LogP contribution in [0.15, 0.2) is 41.8 Å². The van der Waals surface area contributed by atoms with Gasteiger partial charge in [0.1, 0.15) is 5.75 Å². The number of hydrogen-bond acceptors (Lipinski definition) is 5. The Labute approximate surface area is 186 Å². The van der Waals surface area contributed by atoms with Crippen molar-refractivity contribution in [3.8, 4) is 5.75 Å². The highest BCUT2D eigenvalue weighted by atomic mass is 32.1. The van der Waals surface area contributed by atoms with Crippen LogP contribution in [0.25, 0.3) is 0 Å². The van der Waals surface area contributed by atoms with Gasteiger partial charge in [-0.25, -0.2) is 0 Å². The summed E-state index contributed by atoms with van der Waals surface area (Å²) in [6.45, 7) is 0.0892. The minimum Gasteiger partial charge on any atom is -0.406 e. The molecule has 1 fully saturated rings. The van der Waals surface area contributed by atoms with E-state index >= 15 is 0 Å². The molecule has 32 heavy (non-hydrogen) atoms. The topological polar surface area (TPSA) is 96.5 Å². The molecule has 0 atom stereocenters. The number of carbonyl (C=O) groups excluding carboxylic acids is 3. The van der Waals surface area contributed by atoms with Crippen molar-refractivity contribution >= 4 is 34.7 Å². The zero-order valence-electron chi connectivity index (χ0n) is 17.0. The van der Waals surface area contributed by atoms with E-state index in [2.05, 4.69) is 26.8 Å². The number of halogens is 3. The number of hydrogen-bond donors (Lipinski definition) is 3. The third kappa shape index (κ3) is 6.46. The lowest BCUT2D eigenvalue weighted by atomic mass is 9.84. The molecule has 1 aliphatic carbocycles. The molecule has 0 radical (unpaired) electrons. The monoisotopic (exact) mass is 469 g/mol. The number of thiophene rings is 1. The molecule has 3 amide bonds. The van der Waals surface area contributed by atoms with Gasteiger partial charge in [-0.15, -0.1) is 24.5 Å². The highest BCUT2D eigenvalue weighted by Crippen LogP contribution is 2.42. The van der Waals surface area contributed by atoms with Crippen LogP contribution >= 0.6 is 11.3 Å². The molecule has 1 aliphatic rings.